The van der Waals surface area contributed by atoms with Crippen LogP contribution in [0.1, 0.15) is 54.4 Å². The van der Waals surface area contributed by atoms with E-state index in [1.165, 1.54) is 12.8 Å². The van der Waals surface area contributed by atoms with E-state index in [0.29, 0.717) is 25.3 Å². The number of nitrogens with one attached hydrogen (secondary N) is 2. The molecule has 22 heavy (non-hydrogen) atoms. The zero-order valence-corrected chi connectivity index (χ0v) is 15.8. The standard InChI is InChI=1S/C18H40N2O2/c1-15(2)13-17(5)19-7-9-21-11-12-22-10-8-20-18(6)14-16(3)4/h15-20H,7-14H2,1-6H3. The monoisotopic (exact) mass is 316 g/mol. The highest BCUT2D eigenvalue weighted by Gasteiger charge is 2.04. The molecule has 4 nitrogen and oxygen atoms in total. The first-order chi connectivity index (χ1) is 10.4. The van der Waals surface area contributed by atoms with Gasteiger partial charge in [0.05, 0.1) is 26.4 Å². The van der Waals surface area contributed by atoms with Crippen molar-refractivity contribution in [3.63, 3.8) is 0 Å². The van der Waals surface area contributed by atoms with Crippen LogP contribution in [0.2, 0.25) is 0 Å². The molecular weight excluding hydrogens is 276 g/mol. The Balaban J connectivity index is 3.21. The minimum atomic E-state index is 0.568. The summed E-state index contributed by atoms with van der Waals surface area (Å²) in [5.74, 6) is 1.49. The van der Waals surface area contributed by atoms with Crippen molar-refractivity contribution in [2.45, 2.75) is 66.5 Å². The third kappa shape index (κ3) is 16.2. The lowest BCUT2D eigenvalue weighted by molar-refractivity contribution is 0.0486. The van der Waals surface area contributed by atoms with E-state index in [9.17, 15) is 0 Å². The first-order valence-electron chi connectivity index (χ1n) is 9.04. The van der Waals surface area contributed by atoms with E-state index >= 15 is 0 Å². The van der Waals surface area contributed by atoms with E-state index in [0.717, 1.165) is 38.1 Å². The number of ether oxygens (including phenoxy) is 2. The molecule has 0 amide bonds. The largest absolute Gasteiger partial charge is 0.378 e. The summed E-state index contributed by atoms with van der Waals surface area (Å²) in [5.41, 5.74) is 0. The molecule has 0 aromatic heterocycles. The summed E-state index contributed by atoms with van der Waals surface area (Å²) >= 11 is 0. The summed E-state index contributed by atoms with van der Waals surface area (Å²) in [6.45, 7) is 18.2. The van der Waals surface area contributed by atoms with Gasteiger partial charge in [0, 0.05) is 25.2 Å². The molecule has 0 fully saturated rings. The summed E-state index contributed by atoms with van der Waals surface area (Å²) in [6, 6.07) is 1.14. The van der Waals surface area contributed by atoms with Crippen molar-refractivity contribution in [1.82, 2.24) is 10.6 Å². The molecule has 2 N–H and O–H groups in total. The van der Waals surface area contributed by atoms with Crippen LogP contribution in [0.5, 0.6) is 0 Å². The molecule has 2 atom stereocenters. The molecule has 0 rings (SSSR count). The lowest BCUT2D eigenvalue weighted by atomic mass is 10.1. The van der Waals surface area contributed by atoms with Gasteiger partial charge in [-0.05, 0) is 38.5 Å². The molecule has 0 bridgehead atoms. The van der Waals surface area contributed by atoms with Crippen LogP contribution in [-0.4, -0.2) is 51.6 Å². The van der Waals surface area contributed by atoms with E-state index in [4.69, 9.17) is 9.47 Å². The molecule has 0 radical (unpaired) electrons. The maximum Gasteiger partial charge on any atom is 0.0701 e. The van der Waals surface area contributed by atoms with Gasteiger partial charge in [0.25, 0.3) is 0 Å². The second-order valence-electron chi connectivity index (χ2n) is 7.19. The van der Waals surface area contributed by atoms with Crippen molar-refractivity contribution >= 4 is 0 Å². The topological polar surface area (TPSA) is 42.5 Å². The Hall–Kier alpha value is -0.160. The fraction of sp³-hybridized carbons (Fsp3) is 1.00. The zero-order valence-electron chi connectivity index (χ0n) is 15.8. The summed E-state index contributed by atoms with van der Waals surface area (Å²) in [4.78, 5) is 0. The molecule has 0 aromatic carbocycles. The Morgan fingerprint density at radius 1 is 0.591 bits per heavy atom. The van der Waals surface area contributed by atoms with Crippen molar-refractivity contribution in [3.05, 3.63) is 0 Å². The first kappa shape index (κ1) is 21.8. The van der Waals surface area contributed by atoms with Crippen molar-refractivity contribution < 1.29 is 9.47 Å². The predicted molar refractivity (Wildman–Crippen MR) is 95.5 cm³/mol. The van der Waals surface area contributed by atoms with E-state index in [1.807, 2.05) is 0 Å². The Morgan fingerprint density at radius 3 is 1.27 bits per heavy atom. The average Bonchev–Trinajstić information content (AvgIpc) is 2.39. The Kier molecular flexibility index (Phi) is 14.3. The smallest absolute Gasteiger partial charge is 0.0701 e. The van der Waals surface area contributed by atoms with E-state index in [1.54, 1.807) is 0 Å². The van der Waals surface area contributed by atoms with E-state index < -0.39 is 0 Å². The fourth-order valence-electron chi connectivity index (χ4n) is 2.66. The normalized spacial score (nSPS) is 14.7. The minimum absolute atomic E-state index is 0.568. The fourth-order valence-corrected chi connectivity index (χ4v) is 2.66. The van der Waals surface area contributed by atoms with Crippen LogP contribution >= 0.6 is 0 Å². The maximum atomic E-state index is 5.56. The van der Waals surface area contributed by atoms with Crippen molar-refractivity contribution in [3.8, 4) is 0 Å². The third-order valence-electron chi connectivity index (χ3n) is 3.50. The lowest BCUT2D eigenvalue weighted by Crippen LogP contribution is -2.31. The van der Waals surface area contributed by atoms with E-state index in [-0.39, 0.29) is 0 Å². The van der Waals surface area contributed by atoms with Crippen LogP contribution < -0.4 is 10.6 Å². The molecule has 4 heteroatoms. The molecule has 0 aliphatic carbocycles. The van der Waals surface area contributed by atoms with Crippen LogP contribution in [0.15, 0.2) is 0 Å². The molecule has 0 aromatic rings. The van der Waals surface area contributed by atoms with Gasteiger partial charge in [-0.1, -0.05) is 27.7 Å². The van der Waals surface area contributed by atoms with Gasteiger partial charge in [-0.15, -0.1) is 0 Å². The molecule has 0 heterocycles. The molecule has 0 saturated heterocycles. The molecular formula is C18H40N2O2. The van der Waals surface area contributed by atoms with Gasteiger partial charge in [0.1, 0.15) is 0 Å². The maximum absolute atomic E-state index is 5.56. The SMILES string of the molecule is CC(C)CC(C)NCCOCCOCCNC(C)CC(C)C. The molecule has 0 aliphatic rings. The molecule has 134 valence electrons. The molecule has 0 spiro atoms. The van der Waals surface area contributed by atoms with Crippen LogP contribution in [-0.2, 0) is 9.47 Å². The summed E-state index contributed by atoms with van der Waals surface area (Å²) in [5, 5.41) is 6.95. The molecule has 0 saturated carbocycles. The van der Waals surface area contributed by atoms with Crippen LogP contribution in [0.4, 0.5) is 0 Å². The lowest BCUT2D eigenvalue weighted by Gasteiger charge is -2.16. The second-order valence-corrected chi connectivity index (χ2v) is 7.19. The quantitative estimate of drug-likeness (QED) is 0.456. The highest BCUT2D eigenvalue weighted by molar-refractivity contribution is 4.63. The number of hydrogen-bond acceptors (Lipinski definition) is 4. The van der Waals surface area contributed by atoms with Crippen LogP contribution in [0.25, 0.3) is 0 Å². The van der Waals surface area contributed by atoms with Gasteiger partial charge in [0.2, 0.25) is 0 Å². The minimum Gasteiger partial charge on any atom is -0.378 e. The van der Waals surface area contributed by atoms with E-state index in [2.05, 4.69) is 52.2 Å². The summed E-state index contributed by atoms with van der Waals surface area (Å²) < 4.78 is 11.1. The van der Waals surface area contributed by atoms with Crippen molar-refractivity contribution in [1.29, 1.82) is 0 Å². The van der Waals surface area contributed by atoms with Crippen molar-refractivity contribution in [2.75, 3.05) is 39.5 Å². The summed E-state index contributed by atoms with van der Waals surface area (Å²) in [6.07, 6.45) is 2.43. The van der Waals surface area contributed by atoms with Gasteiger partial charge in [0.15, 0.2) is 0 Å². The number of rotatable bonds is 15. The Bertz CT molecular complexity index is 211. The van der Waals surface area contributed by atoms with Gasteiger partial charge in [-0.3, -0.25) is 0 Å². The van der Waals surface area contributed by atoms with Gasteiger partial charge >= 0.3 is 0 Å². The van der Waals surface area contributed by atoms with Crippen LogP contribution in [0, 0.1) is 11.8 Å². The molecule has 2 unspecified atom stereocenters. The molecule has 0 aliphatic heterocycles. The Morgan fingerprint density at radius 2 is 0.955 bits per heavy atom. The highest BCUT2D eigenvalue weighted by atomic mass is 16.5. The summed E-state index contributed by atoms with van der Waals surface area (Å²) in [7, 11) is 0. The van der Waals surface area contributed by atoms with Crippen LogP contribution in [0.3, 0.4) is 0 Å². The second kappa shape index (κ2) is 14.4. The zero-order chi connectivity index (χ0) is 16.8. The third-order valence-corrected chi connectivity index (χ3v) is 3.50. The highest BCUT2D eigenvalue weighted by Crippen LogP contribution is 2.03. The first-order valence-corrected chi connectivity index (χ1v) is 9.04. The van der Waals surface area contributed by atoms with Gasteiger partial charge in [-0.2, -0.15) is 0 Å². The average molecular weight is 317 g/mol. The van der Waals surface area contributed by atoms with Gasteiger partial charge < -0.3 is 20.1 Å². The van der Waals surface area contributed by atoms with Gasteiger partial charge in [-0.25, -0.2) is 0 Å². The number of hydrogen-bond donors (Lipinski definition) is 2. The predicted octanol–water partition coefficient (Wildman–Crippen LogP) is 3.07. The Labute approximate surface area is 138 Å². The van der Waals surface area contributed by atoms with Crippen molar-refractivity contribution in [2.24, 2.45) is 11.8 Å².